The predicted octanol–water partition coefficient (Wildman–Crippen LogP) is 1.27. The Kier molecular flexibility index (Phi) is 5.75. The van der Waals surface area contributed by atoms with E-state index in [2.05, 4.69) is 4.72 Å². The summed E-state index contributed by atoms with van der Waals surface area (Å²) >= 11 is 1.06. The minimum atomic E-state index is -3.61. The number of sulfonamides is 1. The van der Waals surface area contributed by atoms with Gasteiger partial charge in [-0.15, -0.1) is 11.3 Å². The Morgan fingerprint density at radius 1 is 1.20 bits per heavy atom. The van der Waals surface area contributed by atoms with Crippen LogP contribution < -0.4 is 4.72 Å². The molecule has 0 unspecified atom stereocenters. The number of amides is 2. The summed E-state index contributed by atoms with van der Waals surface area (Å²) in [7, 11) is -3.61. The summed E-state index contributed by atoms with van der Waals surface area (Å²) in [6.07, 6.45) is 4.06. The Bertz CT molecular complexity index is 738. The van der Waals surface area contributed by atoms with Gasteiger partial charge in [-0.2, -0.15) is 0 Å². The summed E-state index contributed by atoms with van der Waals surface area (Å²) in [6, 6.07) is 1.46. The Morgan fingerprint density at radius 2 is 1.96 bits per heavy atom. The fourth-order valence-corrected chi connectivity index (χ4v) is 5.43. The van der Waals surface area contributed by atoms with Crippen molar-refractivity contribution in [3.8, 4) is 0 Å². The lowest BCUT2D eigenvalue weighted by molar-refractivity contribution is -0.127. The smallest absolute Gasteiger partial charge is 0.254 e. The zero-order valence-electron chi connectivity index (χ0n) is 14.1. The van der Waals surface area contributed by atoms with Gasteiger partial charge in [-0.1, -0.05) is 0 Å². The van der Waals surface area contributed by atoms with Gasteiger partial charge in [0.25, 0.3) is 5.91 Å². The first kappa shape index (κ1) is 18.3. The average molecular weight is 386 g/mol. The third kappa shape index (κ3) is 4.39. The molecule has 1 aromatic rings. The molecule has 0 aromatic carbocycles. The first-order valence-electron chi connectivity index (χ1n) is 8.62. The van der Waals surface area contributed by atoms with Crippen molar-refractivity contribution in [2.75, 3.05) is 32.7 Å². The number of hydrogen-bond acceptors (Lipinski definition) is 5. The molecule has 1 N–H and O–H groups in total. The van der Waals surface area contributed by atoms with Gasteiger partial charge < -0.3 is 9.80 Å². The average Bonchev–Trinajstić information content (AvgIpc) is 3.32. The Morgan fingerprint density at radius 3 is 2.64 bits per heavy atom. The van der Waals surface area contributed by atoms with E-state index in [0.717, 1.165) is 50.2 Å². The predicted molar refractivity (Wildman–Crippen MR) is 95.1 cm³/mol. The highest BCUT2D eigenvalue weighted by Crippen LogP contribution is 2.22. The minimum Gasteiger partial charge on any atom is -0.343 e. The van der Waals surface area contributed by atoms with E-state index < -0.39 is 10.0 Å². The van der Waals surface area contributed by atoms with Crippen LogP contribution >= 0.6 is 11.3 Å². The van der Waals surface area contributed by atoms with Crippen molar-refractivity contribution >= 4 is 33.2 Å². The van der Waals surface area contributed by atoms with Crippen LogP contribution in [0.3, 0.4) is 0 Å². The molecule has 2 amide bonds. The maximum absolute atomic E-state index is 12.3. The number of likely N-dealkylation sites (tertiary alicyclic amines) is 2. The van der Waals surface area contributed by atoms with Gasteiger partial charge in [0, 0.05) is 44.5 Å². The molecule has 0 saturated carbocycles. The van der Waals surface area contributed by atoms with Gasteiger partial charge in [-0.05, 0) is 31.7 Å². The lowest BCUT2D eigenvalue weighted by atomic mass is 10.3. The van der Waals surface area contributed by atoms with Gasteiger partial charge in [0.15, 0.2) is 0 Å². The molecule has 25 heavy (non-hydrogen) atoms. The fraction of sp³-hybridized carbons (Fsp3) is 0.625. The van der Waals surface area contributed by atoms with Gasteiger partial charge in [-0.3, -0.25) is 9.59 Å². The molecule has 0 radical (unpaired) electrons. The fourth-order valence-electron chi connectivity index (χ4n) is 3.16. The van der Waals surface area contributed by atoms with Crippen LogP contribution in [-0.2, 0) is 14.8 Å². The molecule has 0 bridgehead atoms. The molecule has 138 valence electrons. The molecule has 0 atom stereocenters. The largest absolute Gasteiger partial charge is 0.343 e. The SMILES string of the molecule is O=C1CCCN1CCCNS(=O)(=O)c1cc(C(=O)N2CCCC2)cs1. The maximum Gasteiger partial charge on any atom is 0.254 e. The van der Waals surface area contributed by atoms with E-state index in [1.807, 2.05) is 0 Å². The van der Waals surface area contributed by atoms with E-state index in [0.29, 0.717) is 24.9 Å². The quantitative estimate of drug-likeness (QED) is 0.716. The van der Waals surface area contributed by atoms with Gasteiger partial charge in [0.2, 0.25) is 15.9 Å². The molecule has 3 rings (SSSR count). The second-order valence-electron chi connectivity index (χ2n) is 6.39. The second-order valence-corrected chi connectivity index (χ2v) is 9.29. The van der Waals surface area contributed by atoms with E-state index in [-0.39, 0.29) is 22.6 Å². The normalized spacial score (nSPS) is 18.3. The number of hydrogen-bond donors (Lipinski definition) is 1. The topological polar surface area (TPSA) is 86.8 Å². The third-order valence-corrected chi connectivity index (χ3v) is 7.45. The molecular formula is C16H23N3O4S2. The van der Waals surface area contributed by atoms with Gasteiger partial charge >= 0.3 is 0 Å². The van der Waals surface area contributed by atoms with Crippen LogP contribution in [0.5, 0.6) is 0 Å². The molecule has 2 aliphatic heterocycles. The molecule has 0 spiro atoms. The molecule has 2 fully saturated rings. The van der Waals surface area contributed by atoms with Crippen LogP contribution in [0, 0.1) is 0 Å². The Labute approximate surface area is 152 Å². The maximum atomic E-state index is 12.3. The Balaban J connectivity index is 1.51. The van der Waals surface area contributed by atoms with E-state index in [4.69, 9.17) is 0 Å². The molecule has 9 heteroatoms. The van der Waals surface area contributed by atoms with Crippen LogP contribution in [0.4, 0.5) is 0 Å². The molecule has 1 aromatic heterocycles. The first-order chi connectivity index (χ1) is 12.0. The highest BCUT2D eigenvalue weighted by atomic mass is 32.2. The van der Waals surface area contributed by atoms with Crippen molar-refractivity contribution < 1.29 is 18.0 Å². The van der Waals surface area contributed by atoms with Gasteiger partial charge in [0.1, 0.15) is 4.21 Å². The van der Waals surface area contributed by atoms with Crippen molar-refractivity contribution in [2.45, 2.75) is 36.3 Å². The second kappa shape index (κ2) is 7.84. The van der Waals surface area contributed by atoms with Crippen LogP contribution in [0.2, 0.25) is 0 Å². The van der Waals surface area contributed by atoms with E-state index >= 15 is 0 Å². The zero-order valence-corrected chi connectivity index (χ0v) is 15.7. The minimum absolute atomic E-state index is 0.0947. The highest BCUT2D eigenvalue weighted by Gasteiger charge is 2.24. The number of nitrogens with one attached hydrogen (secondary N) is 1. The number of rotatable bonds is 7. The summed E-state index contributed by atoms with van der Waals surface area (Å²) in [5.74, 6) is 0.0499. The van der Waals surface area contributed by atoms with Crippen LogP contribution in [0.15, 0.2) is 15.7 Å². The third-order valence-electron chi connectivity index (χ3n) is 4.55. The molecule has 2 saturated heterocycles. The van der Waals surface area contributed by atoms with Gasteiger partial charge in [0.05, 0.1) is 5.56 Å². The van der Waals surface area contributed by atoms with E-state index in [1.165, 1.54) is 6.07 Å². The zero-order chi connectivity index (χ0) is 17.9. The number of carbonyl (C=O) groups excluding carboxylic acids is 2. The molecule has 2 aliphatic rings. The molecule has 0 aliphatic carbocycles. The highest BCUT2D eigenvalue weighted by molar-refractivity contribution is 7.91. The van der Waals surface area contributed by atoms with Crippen molar-refractivity contribution in [3.63, 3.8) is 0 Å². The lowest BCUT2D eigenvalue weighted by Crippen LogP contribution is -2.30. The first-order valence-corrected chi connectivity index (χ1v) is 11.0. The number of thiophene rings is 1. The van der Waals surface area contributed by atoms with Crippen LogP contribution in [0.1, 0.15) is 42.5 Å². The van der Waals surface area contributed by atoms with Crippen LogP contribution in [0.25, 0.3) is 0 Å². The summed E-state index contributed by atoms with van der Waals surface area (Å²) in [6.45, 7) is 3.09. The number of nitrogens with zero attached hydrogens (tertiary/aromatic N) is 2. The molecule has 3 heterocycles. The van der Waals surface area contributed by atoms with E-state index in [1.54, 1.807) is 15.2 Å². The summed E-state index contributed by atoms with van der Waals surface area (Å²) < 4.78 is 27.4. The van der Waals surface area contributed by atoms with Crippen LogP contribution in [-0.4, -0.2) is 62.8 Å². The summed E-state index contributed by atoms with van der Waals surface area (Å²) in [4.78, 5) is 27.4. The van der Waals surface area contributed by atoms with Crippen molar-refractivity contribution in [2.24, 2.45) is 0 Å². The molecular weight excluding hydrogens is 362 g/mol. The van der Waals surface area contributed by atoms with Gasteiger partial charge in [-0.25, -0.2) is 13.1 Å². The lowest BCUT2D eigenvalue weighted by Gasteiger charge is -2.15. The van der Waals surface area contributed by atoms with E-state index in [9.17, 15) is 18.0 Å². The Hall–Kier alpha value is -1.45. The van der Waals surface area contributed by atoms with Crippen molar-refractivity contribution in [1.82, 2.24) is 14.5 Å². The molecule has 7 nitrogen and oxygen atoms in total. The standard InChI is InChI=1S/C16H23N3O4S2/c20-14-5-3-9-18(14)10-4-6-17-25(22,23)15-11-13(12-24-15)16(21)19-7-1-2-8-19/h11-12,17H,1-10H2. The van der Waals surface area contributed by atoms with Crippen molar-refractivity contribution in [1.29, 1.82) is 0 Å². The van der Waals surface area contributed by atoms with Crippen molar-refractivity contribution in [3.05, 3.63) is 17.0 Å². The monoisotopic (exact) mass is 385 g/mol. The number of carbonyl (C=O) groups is 2. The summed E-state index contributed by atoms with van der Waals surface area (Å²) in [5.41, 5.74) is 0.440. The summed E-state index contributed by atoms with van der Waals surface area (Å²) in [5, 5.41) is 1.61.